The summed E-state index contributed by atoms with van der Waals surface area (Å²) < 4.78 is 4.76. The maximum absolute atomic E-state index is 10.9. The first-order valence-corrected chi connectivity index (χ1v) is 3.82. The van der Waals surface area contributed by atoms with Gasteiger partial charge in [-0.25, -0.2) is 4.79 Å². The molecule has 0 aromatic rings. The average molecular weight is 152 g/mol. The van der Waals surface area contributed by atoms with E-state index in [1.807, 2.05) is 25.2 Å². The molecule has 1 fully saturated rings. The normalized spacial score (nSPS) is 21.5. The van der Waals surface area contributed by atoms with Crippen LogP contribution in [-0.2, 0) is 9.53 Å². The maximum atomic E-state index is 10.9. The summed E-state index contributed by atoms with van der Waals surface area (Å²) in [6, 6.07) is 0. The molecule has 0 aliphatic carbocycles. The van der Waals surface area contributed by atoms with Crippen molar-refractivity contribution in [3.05, 3.63) is 23.8 Å². The molecular formula is C9H12O2. The lowest BCUT2D eigenvalue weighted by molar-refractivity contribution is -0.135. The van der Waals surface area contributed by atoms with Crippen molar-refractivity contribution in [2.45, 2.75) is 19.8 Å². The molecule has 0 aromatic heterocycles. The third-order valence-electron chi connectivity index (χ3n) is 1.60. The summed E-state index contributed by atoms with van der Waals surface area (Å²) >= 11 is 0. The molecule has 1 aliphatic heterocycles. The van der Waals surface area contributed by atoms with Gasteiger partial charge in [-0.15, -0.1) is 0 Å². The highest BCUT2D eigenvalue weighted by atomic mass is 16.5. The van der Waals surface area contributed by atoms with E-state index >= 15 is 0 Å². The fraction of sp³-hybridized carbons (Fsp3) is 0.444. The van der Waals surface area contributed by atoms with Gasteiger partial charge < -0.3 is 4.74 Å². The Morgan fingerprint density at radius 1 is 1.64 bits per heavy atom. The Bertz CT molecular complexity index is 202. The van der Waals surface area contributed by atoms with Gasteiger partial charge in [-0.3, -0.25) is 0 Å². The van der Waals surface area contributed by atoms with Gasteiger partial charge in [-0.1, -0.05) is 18.2 Å². The van der Waals surface area contributed by atoms with Crippen molar-refractivity contribution >= 4 is 5.97 Å². The number of allylic oxidation sites excluding steroid dienone is 3. The minimum absolute atomic E-state index is 0.144. The van der Waals surface area contributed by atoms with E-state index in [-0.39, 0.29) is 5.97 Å². The highest BCUT2D eigenvalue weighted by molar-refractivity contribution is 5.90. The van der Waals surface area contributed by atoms with Crippen LogP contribution in [0.2, 0.25) is 0 Å². The van der Waals surface area contributed by atoms with Crippen LogP contribution in [0.3, 0.4) is 0 Å². The van der Waals surface area contributed by atoms with Crippen LogP contribution in [0.1, 0.15) is 19.8 Å². The lowest BCUT2D eigenvalue weighted by Gasteiger charge is -1.88. The number of ether oxygens (including phenoxy) is 1. The SMILES string of the molecule is C/C=C/C/C=C1/CCOC1=O. The highest BCUT2D eigenvalue weighted by Gasteiger charge is 2.16. The summed E-state index contributed by atoms with van der Waals surface area (Å²) in [4.78, 5) is 10.9. The van der Waals surface area contributed by atoms with E-state index < -0.39 is 0 Å². The van der Waals surface area contributed by atoms with Gasteiger partial charge in [0.1, 0.15) is 0 Å². The van der Waals surface area contributed by atoms with E-state index in [2.05, 4.69) is 0 Å². The second-order valence-electron chi connectivity index (χ2n) is 2.42. The number of esters is 1. The Morgan fingerprint density at radius 3 is 3.00 bits per heavy atom. The molecule has 1 aliphatic rings. The lowest BCUT2D eigenvalue weighted by atomic mass is 10.2. The number of hydrogen-bond acceptors (Lipinski definition) is 2. The largest absolute Gasteiger partial charge is 0.462 e. The second kappa shape index (κ2) is 3.96. The molecule has 1 heterocycles. The van der Waals surface area contributed by atoms with Crippen LogP contribution in [0.15, 0.2) is 23.8 Å². The first-order chi connectivity index (χ1) is 5.34. The Hall–Kier alpha value is -1.05. The van der Waals surface area contributed by atoms with Crippen molar-refractivity contribution in [2.75, 3.05) is 6.61 Å². The van der Waals surface area contributed by atoms with Crippen molar-refractivity contribution in [1.82, 2.24) is 0 Å². The predicted octanol–water partition coefficient (Wildman–Crippen LogP) is 1.83. The Labute approximate surface area is 66.5 Å². The molecule has 2 heteroatoms. The summed E-state index contributed by atoms with van der Waals surface area (Å²) in [5.74, 6) is -0.144. The number of carbonyl (C=O) groups excluding carboxylic acids is 1. The zero-order valence-electron chi connectivity index (χ0n) is 6.67. The summed E-state index contributed by atoms with van der Waals surface area (Å²) in [6.45, 7) is 2.52. The van der Waals surface area contributed by atoms with Gasteiger partial charge in [0.05, 0.1) is 6.61 Å². The molecule has 0 spiro atoms. The van der Waals surface area contributed by atoms with Crippen molar-refractivity contribution in [3.63, 3.8) is 0 Å². The highest BCUT2D eigenvalue weighted by Crippen LogP contribution is 2.13. The zero-order chi connectivity index (χ0) is 8.10. The zero-order valence-corrected chi connectivity index (χ0v) is 6.67. The molecule has 0 atom stereocenters. The van der Waals surface area contributed by atoms with E-state index in [1.54, 1.807) is 0 Å². The molecular weight excluding hydrogens is 140 g/mol. The molecule has 0 saturated carbocycles. The Balaban J connectivity index is 2.45. The van der Waals surface area contributed by atoms with Gasteiger partial charge in [0.15, 0.2) is 0 Å². The van der Waals surface area contributed by atoms with E-state index in [1.165, 1.54) is 0 Å². The van der Waals surface area contributed by atoms with Gasteiger partial charge >= 0.3 is 5.97 Å². The maximum Gasteiger partial charge on any atom is 0.333 e. The fourth-order valence-electron chi connectivity index (χ4n) is 0.980. The molecule has 2 nitrogen and oxygen atoms in total. The number of cyclic esters (lactones) is 1. The van der Waals surface area contributed by atoms with E-state index in [9.17, 15) is 4.79 Å². The lowest BCUT2D eigenvalue weighted by Crippen LogP contribution is -1.93. The molecule has 0 aromatic carbocycles. The average Bonchev–Trinajstić information content (AvgIpc) is 2.37. The molecule has 0 N–H and O–H groups in total. The first-order valence-electron chi connectivity index (χ1n) is 3.82. The van der Waals surface area contributed by atoms with Gasteiger partial charge in [-0.2, -0.15) is 0 Å². The molecule has 0 amide bonds. The monoisotopic (exact) mass is 152 g/mol. The van der Waals surface area contributed by atoms with Crippen LogP contribution >= 0.6 is 0 Å². The fourth-order valence-corrected chi connectivity index (χ4v) is 0.980. The van der Waals surface area contributed by atoms with Crippen LogP contribution in [-0.4, -0.2) is 12.6 Å². The number of carbonyl (C=O) groups is 1. The standard InChI is InChI=1S/C9H12O2/c1-2-3-4-5-8-6-7-11-9(8)10/h2-3,5H,4,6-7H2,1H3/b3-2+,8-5-. The minimum atomic E-state index is -0.144. The third kappa shape index (κ3) is 2.22. The Morgan fingerprint density at radius 2 is 2.45 bits per heavy atom. The van der Waals surface area contributed by atoms with Crippen molar-refractivity contribution in [2.24, 2.45) is 0 Å². The summed E-state index contributed by atoms with van der Waals surface area (Å²) in [6.07, 6.45) is 7.52. The topological polar surface area (TPSA) is 26.3 Å². The van der Waals surface area contributed by atoms with Crippen molar-refractivity contribution in [1.29, 1.82) is 0 Å². The van der Waals surface area contributed by atoms with E-state index in [0.29, 0.717) is 6.61 Å². The first kappa shape index (κ1) is 8.05. The summed E-state index contributed by atoms with van der Waals surface area (Å²) in [5.41, 5.74) is 0.822. The molecule has 0 unspecified atom stereocenters. The van der Waals surface area contributed by atoms with Crippen LogP contribution in [0.4, 0.5) is 0 Å². The second-order valence-corrected chi connectivity index (χ2v) is 2.42. The Kier molecular flexibility index (Phi) is 2.90. The van der Waals surface area contributed by atoms with Crippen LogP contribution < -0.4 is 0 Å². The number of hydrogen-bond donors (Lipinski definition) is 0. The van der Waals surface area contributed by atoms with Crippen molar-refractivity contribution < 1.29 is 9.53 Å². The summed E-state index contributed by atoms with van der Waals surface area (Å²) in [5, 5.41) is 0. The molecule has 0 bridgehead atoms. The summed E-state index contributed by atoms with van der Waals surface area (Å²) in [7, 11) is 0. The molecule has 1 rings (SSSR count). The molecule has 60 valence electrons. The van der Waals surface area contributed by atoms with Gasteiger partial charge in [0, 0.05) is 12.0 Å². The van der Waals surface area contributed by atoms with Crippen LogP contribution in [0.5, 0.6) is 0 Å². The van der Waals surface area contributed by atoms with E-state index in [0.717, 1.165) is 18.4 Å². The van der Waals surface area contributed by atoms with E-state index in [4.69, 9.17) is 4.74 Å². The van der Waals surface area contributed by atoms with Gasteiger partial charge in [0.2, 0.25) is 0 Å². The van der Waals surface area contributed by atoms with Gasteiger partial charge in [-0.05, 0) is 13.3 Å². The smallest absolute Gasteiger partial charge is 0.333 e. The van der Waals surface area contributed by atoms with Crippen LogP contribution in [0.25, 0.3) is 0 Å². The van der Waals surface area contributed by atoms with Gasteiger partial charge in [0.25, 0.3) is 0 Å². The molecule has 1 saturated heterocycles. The van der Waals surface area contributed by atoms with Crippen LogP contribution in [0, 0.1) is 0 Å². The number of rotatable bonds is 2. The third-order valence-corrected chi connectivity index (χ3v) is 1.60. The quantitative estimate of drug-likeness (QED) is 0.343. The molecule has 11 heavy (non-hydrogen) atoms. The predicted molar refractivity (Wildman–Crippen MR) is 43.1 cm³/mol. The molecule has 0 radical (unpaired) electrons. The minimum Gasteiger partial charge on any atom is -0.462 e. The van der Waals surface area contributed by atoms with Crippen molar-refractivity contribution in [3.8, 4) is 0 Å².